The molecule has 0 radical (unpaired) electrons. The number of aryl methyl sites for hydroxylation is 1. The van der Waals surface area contributed by atoms with Crippen molar-refractivity contribution in [2.75, 3.05) is 12.3 Å². The lowest BCUT2D eigenvalue weighted by molar-refractivity contribution is 0.312. The molecular weight excluding hydrogens is 288 g/mol. The Morgan fingerprint density at radius 3 is 2.38 bits per heavy atom. The number of primary sulfonamides is 1. The monoisotopic (exact) mass is 306 g/mol. The van der Waals surface area contributed by atoms with E-state index < -0.39 is 10.0 Å². The van der Waals surface area contributed by atoms with Gasteiger partial charge >= 0.3 is 0 Å². The van der Waals surface area contributed by atoms with E-state index in [0.717, 1.165) is 12.8 Å². The number of anilines is 1. The third-order valence-electron chi connectivity index (χ3n) is 3.04. The fourth-order valence-electron chi connectivity index (χ4n) is 2.00. The molecule has 0 saturated heterocycles. The van der Waals surface area contributed by atoms with Gasteiger partial charge in [0.2, 0.25) is 10.0 Å². The van der Waals surface area contributed by atoms with Crippen molar-refractivity contribution in [3.8, 4) is 5.75 Å². The van der Waals surface area contributed by atoms with Crippen LogP contribution in [0, 0.1) is 0 Å². The Hall–Kier alpha value is -2.05. The van der Waals surface area contributed by atoms with Crippen molar-refractivity contribution >= 4 is 15.7 Å². The average Bonchev–Trinajstić information content (AvgIpc) is 2.45. The maximum Gasteiger partial charge on any atom is 0.240 e. The van der Waals surface area contributed by atoms with Crippen LogP contribution in [0.15, 0.2) is 53.4 Å². The van der Waals surface area contributed by atoms with Crippen LogP contribution >= 0.6 is 0 Å². The molecule has 0 aliphatic heterocycles. The summed E-state index contributed by atoms with van der Waals surface area (Å²) < 4.78 is 28.3. The van der Waals surface area contributed by atoms with Gasteiger partial charge in [0.15, 0.2) is 0 Å². The van der Waals surface area contributed by atoms with Crippen molar-refractivity contribution in [3.63, 3.8) is 0 Å². The van der Waals surface area contributed by atoms with Gasteiger partial charge in [-0.15, -0.1) is 0 Å². The summed E-state index contributed by atoms with van der Waals surface area (Å²) in [4.78, 5) is -0.108. The van der Waals surface area contributed by atoms with Gasteiger partial charge in [0.05, 0.1) is 12.3 Å². The van der Waals surface area contributed by atoms with Crippen molar-refractivity contribution in [1.82, 2.24) is 0 Å². The molecule has 4 N–H and O–H groups in total. The van der Waals surface area contributed by atoms with Crippen molar-refractivity contribution < 1.29 is 13.2 Å². The summed E-state index contributed by atoms with van der Waals surface area (Å²) in [5.74, 6) is 0.342. The lowest BCUT2D eigenvalue weighted by Crippen LogP contribution is -2.15. The molecule has 0 spiro atoms. The van der Waals surface area contributed by atoms with Crippen molar-refractivity contribution in [2.24, 2.45) is 5.14 Å². The molecular formula is C15H18N2O3S. The van der Waals surface area contributed by atoms with Crippen LogP contribution in [0.1, 0.15) is 12.0 Å². The smallest absolute Gasteiger partial charge is 0.240 e. The van der Waals surface area contributed by atoms with E-state index in [4.69, 9.17) is 15.6 Å². The van der Waals surface area contributed by atoms with Crippen LogP contribution in [-0.2, 0) is 16.4 Å². The standard InChI is InChI=1S/C15H18N2O3S/c16-15-13(9-4-10-14(15)21(17,18)19)20-11-5-8-12-6-2-1-3-7-12/h1-4,6-7,9-10H,5,8,11,16H2,(H2,17,18,19). The maximum atomic E-state index is 11.4. The van der Waals surface area contributed by atoms with Gasteiger partial charge in [-0.3, -0.25) is 0 Å². The molecule has 0 atom stereocenters. The van der Waals surface area contributed by atoms with Crippen molar-refractivity contribution in [1.29, 1.82) is 0 Å². The van der Waals surface area contributed by atoms with Crippen LogP contribution in [0.5, 0.6) is 5.75 Å². The zero-order valence-corrected chi connectivity index (χ0v) is 12.3. The van der Waals surface area contributed by atoms with Crippen LogP contribution in [0.2, 0.25) is 0 Å². The minimum atomic E-state index is -3.83. The van der Waals surface area contributed by atoms with Gasteiger partial charge in [-0.2, -0.15) is 0 Å². The quantitative estimate of drug-likeness (QED) is 0.629. The molecule has 112 valence electrons. The van der Waals surface area contributed by atoms with Gasteiger partial charge in [0.25, 0.3) is 0 Å². The van der Waals surface area contributed by atoms with Crippen molar-refractivity contribution in [2.45, 2.75) is 17.7 Å². The maximum absolute atomic E-state index is 11.4. The zero-order valence-electron chi connectivity index (χ0n) is 11.5. The largest absolute Gasteiger partial charge is 0.491 e. The number of ether oxygens (including phenoxy) is 1. The van der Waals surface area contributed by atoms with E-state index in [1.165, 1.54) is 11.6 Å². The molecule has 2 aromatic carbocycles. The predicted octanol–water partition coefficient (Wildman–Crippen LogP) is 1.93. The highest BCUT2D eigenvalue weighted by Crippen LogP contribution is 2.27. The minimum absolute atomic E-state index is 0.0553. The average molecular weight is 306 g/mol. The highest BCUT2D eigenvalue weighted by Gasteiger charge is 2.15. The Kier molecular flexibility index (Phi) is 4.82. The predicted molar refractivity (Wildman–Crippen MR) is 82.5 cm³/mol. The van der Waals surface area contributed by atoms with Gasteiger partial charge in [-0.1, -0.05) is 36.4 Å². The molecule has 6 heteroatoms. The summed E-state index contributed by atoms with van der Waals surface area (Å²) in [7, 11) is -3.83. The van der Waals surface area contributed by atoms with E-state index in [0.29, 0.717) is 12.4 Å². The third kappa shape index (κ3) is 4.21. The highest BCUT2D eigenvalue weighted by molar-refractivity contribution is 7.89. The number of nitrogens with two attached hydrogens (primary N) is 2. The first kappa shape index (κ1) is 15.3. The molecule has 5 nitrogen and oxygen atoms in total. The minimum Gasteiger partial charge on any atom is -0.491 e. The number of sulfonamides is 1. The third-order valence-corrected chi connectivity index (χ3v) is 4.01. The number of benzene rings is 2. The molecule has 21 heavy (non-hydrogen) atoms. The molecule has 0 aromatic heterocycles. The van der Waals surface area contributed by atoms with E-state index in [9.17, 15) is 8.42 Å². The molecule has 0 aliphatic carbocycles. The van der Waals surface area contributed by atoms with Gasteiger partial charge in [0.1, 0.15) is 10.6 Å². The number of rotatable bonds is 6. The Labute approximate surface area is 124 Å². The summed E-state index contributed by atoms with van der Waals surface area (Å²) in [6.45, 7) is 0.452. The van der Waals surface area contributed by atoms with Crippen LogP contribution < -0.4 is 15.6 Å². The van der Waals surface area contributed by atoms with Crippen molar-refractivity contribution in [3.05, 3.63) is 54.1 Å². The second-order valence-corrected chi connectivity index (χ2v) is 6.18. The first-order valence-corrected chi connectivity index (χ1v) is 8.11. The van der Waals surface area contributed by atoms with Gasteiger partial charge in [-0.05, 0) is 30.5 Å². The normalized spacial score (nSPS) is 11.3. The van der Waals surface area contributed by atoms with E-state index in [-0.39, 0.29) is 10.6 Å². The van der Waals surface area contributed by atoms with Crippen LogP contribution in [-0.4, -0.2) is 15.0 Å². The Balaban J connectivity index is 1.95. The number of hydrogen-bond donors (Lipinski definition) is 2. The van der Waals surface area contributed by atoms with E-state index in [2.05, 4.69) is 12.1 Å². The van der Waals surface area contributed by atoms with E-state index >= 15 is 0 Å². The van der Waals surface area contributed by atoms with Gasteiger partial charge < -0.3 is 10.5 Å². The summed E-state index contributed by atoms with van der Waals surface area (Å²) in [5, 5.41) is 5.09. The number of para-hydroxylation sites is 1. The lowest BCUT2D eigenvalue weighted by atomic mass is 10.1. The SMILES string of the molecule is Nc1c(OCCCc2ccccc2)cccc1S(N)(=O)=O. The van der Waals surface area contributed by atoms with E-state index in [1.807, 2.05) is 18.2 Å². The Bertz CT molecular complexity index is 700. The second-order valence-electron chi connectivity index (χ2n) is 4.65. The Morgan fingerprint density at radius 1 is 1.00 bits per heavy atom. The fraction of sp³-hybridized carbons (Fsp3) is 0.200. The molecule has 0 fully saturated rings. The summed E-state index contributed by atoms with van der Waals surface area (Å²) in [5.41, 5.74) is 7.06. The first-order valence-electron chi connectivity index (χ1n) is 6.56. The topological polar surface area (TPSA) is 95.4 Å². The molecule has 0 unspecified atom stereocenters. The molecule has 0 saturated carbocycles. The molecule has 2 aromatic rings. The van der Waals surface area contributed by atoms with Gasteiger partial charge in [0, 0.05) is 0 Å². The summed E-state index contributed by atoms with van der Waals surface area (Å²) >= 11 is 0. The summed E-state index contributed by atoms with van der Waals surface area (Å²) in [6, 6.07) is 14.6. The first-order chi connectivity index (χ1) is 9.98. The molecule has 0 bridgehead atoms. The lowest BCUT2D eigenvalue weighted by Gasteiger charge is -2.11. The second kappa shape index (κ2) is 6.60. The van der Waals surface area contributed by atoms with E-state index in [1.54, 1.807) is 12.1 Å². The molecule has 0 aliphatic rings. The van der Waals surface area contributed by atoms with Gasteiger partial charge in [-0.25, -0.2) is 13.6 Å². The van der Waals surface area contributed by atoms with Crippen LogP contribution in [0.25, 0.3) is 0 Å². The molecule has 2 rings (SSSR count). The number of hydrogen-bond acceptors (Lipinski definition) is 4. The zero-order chi connectivity index (χ0) is 15.3. The highest BCUT2D eigenvalue weighted by atomic mass is 32.2. The molecule has 0 heterocycles. The van der Waals surface area contributed by atoms with Crippen LogP contribution in [0.4, 0.5) is 5.69 Å². The fourth-order valence-corrected chi connectivity index (χ4v) is 2.68. The summed E-state index contributed by atoms with van der Waals surface area (Å²) in [6.07, 6.45) is 1.69. The van der Waals surface area contributed by atoms with Crippen LogP contribution in [0.3, 0.4) is 0 Å². The number of nitrogen functional groups attached to an aromatic ring is 1. The Morgan fingerprint density at radius 2 is 1.71 bits per heavy atom. The molecule has 0 amide bonds.